The SMILES string of the molecule is O=C(NC1CC2CC1N(C(=O)COc1ccc(F)c(F)c1)C2)c1ccccc1. The fraction of sp³-hybridized carbons (Fsp3) is 0.333. The summed E-state index contributed by atoms with van der Waals surface area (Å²) >= 11 is 0. The van der Waals surface area contributed by atoms with Crippen LogP contribution in [0.1, 0.15) is 23.2 Å². The highest BCUT2D eigenvalue weighted by atomic mass is 19.2. The van der Waals surface area contributed by atoms with Gasteiger partial charge in [0.2, 0.25) is 0 Å². The van der Waals surface area contributed by atoms with Gasteiger partial charge in [-0.25, -0.2) is 8.78 Å². The number of benzene rings is 2. The van der Waals surface area contributed by atoms with Gasteiger partial charge >= 0.3 is 0 Å². The summed E-state index contributed by atoms with van der Waals surface area (Å²) in [6, 6.07) is 12.0. The molecule has 2 amide bonds. The van der Waals surface area contributed by atoms with E-state index in [1.165, 1.54) is 6.07 Å². The third kappa shape index (κ3) is 3.69. The van der Waals surface area contributed by atoms with E-state index in [1.807, 2.05) is 6.07 Å². The van der Waals surface area contributed by atoms with Crippen LogP contribution in [0.3, 0.4) is 0 Å². The molecule has 4 rings (SSSR count). The molecule has 28 heavy (non-hydrogen) atoms. The number of rotatable bonds is 5. The average Bonchev–Trinajstić information content (AvgIpc) is 3.30. The molecule has 0 spiro atoms. The van der Waals surface area contributed by atoms with Crippen LogP contribution < -0.4 is 10.1 Å². The number of nitrogens with zero attached hydrogens (tertiary/aromatic N) is 1. The zero-order valence-corrected chi connectivity index (χ0v) is 15.1. The quantitative estimate of drug-likeness (QED) is 0.860. The van der Waals surface area contributed by atoms with Gasteiger partial charge in [0, 0.05) is 24.2 Å². The molecule has 2 fully saturated rings. The summed E-state index contributed by atoms with van der Waals surface area (Å²) in [7, 11) is 0. The molecule has 146 valence electrons. The van der Waals surface area contributed by atoms with Crippen LogP contribution in [0.25, 0.3) is 0 Å². The second-order valence-corrected chi connectivity index (χ2v) is 7.26. The molecule has 0 aromatic heterocycles. The van der Waals surface area contributed by atoms with Gasteiger partial charge in [-0.3, -0.25) is 9.59 Å². The number of fused-ring (bicyclic) bond motifs is 2. The van der Waals surface area contributed by atoms with E-state index in [2.05, 4.69) is 5.32 Å². The van der Waals surface area contributed by atoms with E-state index in [1.54, 1.807) is 29.2 Å². The van der Waals surface area contributed by atoms with Crippen molar-refractivity contribution < 1.29 is 23.1 Å². The Hall–Kier alpha value is -2.96. The molecular formula is C21H20F2N2O3. The van der Waals surface area contributed by atoms with E-state index >= 15 is 0 Å². The summed E-state index contributed by atoms with van der Waals surface area (Å²) in [6.45, 7) is 0.371. The molecule has 3 atom stereocenters. The van der Waals surface area contributed by atoms with Crippen LogP contribution in [-0.2, 0) is 4.79 Å². The lowest BCUT2D eigenvalue weighted by Gasteiger charge is -2.33. The molecule has 1 N–H and O–H groups in total. The molecule has 1 saturated heterocycles. The highest BCUT2D eigenvalue weighted by Crippen LogP contribution is 2.38. The molecule has 0 radical (unpaired) electrons. The lowest BCUT2D eigenvalue weighted by Crippen LogP contribution is -2.52. The standard InChI is InChI=1S/C21H20F2N2O3/c22-16-7-6-15(10-17(16)23)28-12-20(26)25-11-13-8-18(19(25)9-13)24-21(27)14-4-2-1-3-5-14/h1-7,10,13,18-19H,8-9,11-12H2,(H,24,27). The van der Waals surface area contributed by atoms with Gasteiger partial charge in [0.25, 0.3) is 11.8 Å². The topological polar surface area (TPSA) is 58.6 Å². The monoisotopic (exact) mass is 386 g/mol. The van der Waals surface area contributed by atoms with Crippen molar-refractivity contribution in [2.75, 3.05) is 13.2 Å². The third-order valence-corrected chi connectivity index (χ3v) is 5.41. The van der Waals surface area contributed by atoms with E-state index in [-0.39, 0.29) is 36.3 Å². The van der Waals surface area contributed by atoms with Gasteiger partial charge in [-0.05, 0) is 43.0 Å². The first-order valence-electron chi connectivity index (χ1n) is 9.24. The zero-order valence-electron chi connectivity index (χ0n) is 15.1. The molecule has 5 nitrogen and oxygen atoms in total. The largest absolute Gasteiger partial charge is 0.484 e. The Balaban J connectivity index is 1.35. The summed E-state index contributed by atoms with van der Waals surface area (Å²) < 4.78 is 31.5. The Morgan fingerprint density at radius 2 is 1.86 bits per heavy atom. The minimum Gasteiger partial charge on any atom is -0.484 e. The minimum atomic E-state index is -1.02. The third-order valence-electron chi connectivity index (χ3n) is 5.41. The van der Waals surface area contributed by atoms with Crippen LogP contribution in [-0.4, -0.2) is 41.9 Å². The van der Waals surface area contributed by atoms with Crippen molar-refractivity contribution in [1.29, 1.82) is 0 Å². The van der Waals surface area contributed by atoms with Crippen LogP contribution in [0.15, 0.2) is 48.5 Å². The van der Waals surface area contributed by atoms with Crippen molar-refractivity contribution in [1.82, 2.24) is 10.2 Å². The second kappa shape index (κ2) is 7.58. The van der Waals surface area contributed by atoms with E-state index < -0.39 is 11.6 Å². The summed E-state index contributed by atoms with van der Waals surface area (Å²) in [5.74, 6) is -1.91. The van der Waals surface area contributed by atoms with E-state index in [9.17, 15) is 18.4 Å². The number of hydrogen-bond donors (Lipinski definition) is 1. The molecule has 2 aliphatic rings. The number of halogens is 2. The van der Waals surface area contributed by atoms with Crippen LogP contribution in [0, 0.1) is 17.6 Å². The maximum absolute atomic E-state index is 13.2. The molecule has 7 heteroatoms. The highest BCUT2D eigenvalue weighted by molar-refractivity contribution is 5.94. The van der Waals surface area contributed by atoms with Gasteiger partial charge in [0.1, 0.15) is 5.75 Å². The zero-order chi connectivity index (χ0) is 19.7. The van der Waals surface area contributed by atoms with Crippen LogP contribution >= 0.6 is 0 Å². The summed E-state index contributed by atoms with van der Waals surface area (Å²) in [6.07, 6.45) is 1.69. The normalized spacial score (nSPS) is 22.9. The first-order valence-corrected chi connectivity index (χ1v) is 9.24. The fourth-order valence-electron chi connectivity index (χ4n) is 4.10. The Kier molecular flexibility index (Phi) is 4.98. The molecule has 3 unspecified atom stereocenters. The number of hydrogen-bond acceptors (Lipinski definition) is 3. The molecule has 2 aromatic carbocycles. The molecule has 2 bridgehead atoms. The Bertz CT molecular complexity index is 890. The van der Waals surface area contributed by atoms with Crippen LogP contribution in [0.5, 0.6) is 5.75 Å². The number of amides is 2. The Labute approximate surface area is 161 Å². The maximum atomic E-state index is 13.2. The maximum Gasteiger partial charge on any atom is 0.260 e. The first-order chi connectivity index (χ1) is 13.5. The van der Waals surface area contributed by atoms with Crippen molar-refractivity contribution in [2.45, 2.75) is 24.9 Å². The summed E-state index contributed by atoms with van der Waals surface area (Å²) in [5.41, 5.74) is 0.588. The Morgan fingerprint density at radius 3 is 2.57 bits per heavy atom. The van der Waals surface area contributed by atoms with Crippen molar-refractivity contribution in [2.24, 2.45) is 5.92 Å². The van der Waals surface area contributed by atoms with E-state index in [4.69, 9.17) is 4.74 Å². The Morgan fingerprint density at radius 1 is 1.07 bits per heavy atom. The van der Waals surface area contributed by atoms with Crippen molar-refractivity contribution >= 4 is 11.8 Å². The van der Waals surface area contributed by atoms with E-state index in [0.717, 1.165) is 25.0 Å². The van der Waals surface area contributed by atoms with Crippen LogP contribution in [0.4, 0.5) is 8.78 Å². The number of ether oxygens (including phenoxy) is 1. The first kappa shape index (κ1) is 18.4. The summed E-state index contributed by atoms with van der Waals surface area (Å²) in [4.78, 5) is 26.7. The molecule has 1 heterocycles. The summed E-state index contributed by atoms with van der Waals surface area (Å²) in [5, 5.41) is 3.03. The van der Waals surface area contributed by atoms with Crippen molar-refractivity contribution in [3.63, 3.8) is 0 Å². The molecule has 2 aromatic rings. The fourth-order valence-corrected chi connectivity index (χ4v) is 4.10. The lowest BCUT2D eigenvalue weighted by atomic mass is 10.0. The van der Waals surface area contributed by atoms with Gasteiger partial charge < -0.3 is 15.0 Å². The second-order valence-electron chi connectivity index (χ2n) is 7.26. The average molecular weight is 386 g/mol. The van der Waals surface area contributed by atoms with Crippen molar-refractivity contribution in [3.05, 3.63) is 65.7 Å². The molecule has 1 aliphatic carbocycles. The predicted molar refractivity (Wildman–Crippen MR) is 97.8 cm³/mol. The molecule has 1 aliphatic heterocycles. The smallest absolute Gasteiger partial charge is 0.260 e. The minimum absolute atomic E-state index is 0.0706. The highest BCUT2D eigenvalue weighted by Gasteiger charge is 2.47. The van der Waals surface area contributed by atoms with Gasteiger partial charge in [-0.1, -0.05) is 18.2 Å². The number of carbonyl (C=O) groups is 2. The predicted octanol–water partition coefficient (Wildman–Crippen LogP) is 2.76. The molecular weight excluding hydrogens is 366 g/mol. The van der Waals surface area contributed by atoms with Crippen molar-refractivity contribution in [3.8, 4) is 5.75 Å². The lowest BCUT2D eigenvalue weighted by molar-refractivity contribution is -0.135. The van der Waals surface area contributed by atoms with Crippen LogP contribution in [0.2, 0.25) is 0 Å². The van der Waals surface area contributed by atoms with E-state index in [0.29, 0.717) is 18.0 Å². The van der Waals surface area contributed by atoms with Gasteiger partial charge in [-0.15, -0.1) is 0 Å². The number of piperidine rings is 1. The number of likely N-dealkylation sites (tertiary alicyclic amines) is 1. The van der Waals surface area contributed by atoms with Gasteiger partial charge in [0.05, 0.1) is 6.04 Å². The number of carbonyl (C=O) groups excluding carboxylic acids is 2. The molecule has 1 saturated carbocycles. The number of nitrogens with one attached hydrogen (secondary N) is 1. The van der Waals surface area contributed by atoms with Gasteiger partial charge in [0.15, 0.2) is 18.2 Å². The van der Waals surface area contributed by atoms with Gasteiger partial charge in [-0.2, -0.15) is 0 Å².